The van der Waals surface area contributed by atoms with Crippen LogP contribution in [0.4, 0.5) is 5.13 Å². The lowest BCUT2D eigenvalue weighted by atomic mass is 10.2. The number of benzene rings is 2. The molecule has 0 aliphatic heterocycles. The van der Waals surface area contributed by atoms with Gasteiger partial charge in [-0.15, -0.1) is 0 Å². The van der Waals surface area contributed by atoms with E-state index in [-0.39, 0.29) is 11.4 Å². The Morgan fingerprint density at radius 3 is 2.62 bits per heavy atom. The normalized spacial score (nSPS) is 11.8. The summed E-state index contributed by atoms with van der Waals surface area (Å²) in [5.41, 5.74) is 1.91. The second-order valence-corrected chi connectivity index (χ2v) is 9.74. The number of amides is 1. The molecule has 1 amide bonds. The number of thiazole rings is 1. The summed E-state index contributed by atoms with van der Waals surface area (Å²) in [4.78, 5) is 16.7. The van der Waals surface area contributed by atoms with E-state index in [1.165, 1.54) is 30.5 Å². The minimum atomic E-state index is -3.74. The third-order valence-electron chi connectivity index (χ3n) is 3.68. The molecule has 0 radical (unpaired) electrons. The van der Waals surface area contributed by atoms with Crippen LogP contribution in [0.25, 0.3) is 10.2 Å². The van der Waals surface area contributed by atoms with E-state index in [1.807, 2.05) is 25.1 Å². The molecule has 0 saturated carbocycles. The minimum absolute atomic E-state index is 0.131. The zero-order chi connectivity index (χ0) is 18.9. The highest BCUT2D eigenvalue weighted by atomic mass is 79.9. The number of anilines is 1. The fourth-order valence-corrected chi connectivity index (χ4v) is 4.69. The van der Waals surface area contributed by atoms with Crippen LogP contribution >= 0.6 is 27.3 Å². The summed E-state index contributed by atoms with van der Waals surface area (Å²) < 4.78 is 27.8. The Bertz CT molecular complexity index is 1060. The fraction of sp³-hybridized carbons (Fsp3) is 0.176. The predicted octanol–water partition coefficient (Wildman–Crippen LogP) is 3.63. The molecule has 26 heavy (non-hydrogen) atoms. The van der Waals surface area contributed by atoms with E-state index < -0.39 is 15.9 Å². The van der Waals surface area contributed by atoms with E-state index in [9.17, 15) is 13.2 Å². The molecule has 2 aromatic carbocycles. The maximum absolute atomic E-state index is 12.5. The monoisotopic (exact) mass is 453 g/mol. The quantitative estimate of drug-likeness (QED) is 0.639. The SMILES string of the molecule is Cc1ccc2nc(NC(=O)CN(C)S(=O)(=O)c3ccc(Br)cc3)sc2c1. The maximum atomic E-state index is 12.5. The van der Waals surface area contributed by atoms with Crippen molar-refractivity contribution in [1.82, 2.24) is 9.29 Å². The van der Waals surface area contributed by atoms with Crippen LogP contribution < -0.4 is 5.32 Å². The van der Waals surface area contributed by atoms with Gasteiger partial charge in [-0.1, -0.05) is 33.3 Å². The molecule has 0 saturated heterocycles. The van der Waals surface area contributed by atoms with Crippen LogP contribution in [-0.4, -0.2) is 37.2 Å². The van der Waals surface area contributed by atoms with Crippen LogP contribution in [-0.2, 0) is 14.8 Å². The van der Waals surface area contributed by atoms with Crippen molar-refractivity contribution >= 4 is 58.5 Å². The number of halogens is 1. The second-order valence-electron chi connectivity index (χ2n) is 5.75. The van der Waals surface area contributed by atoms with E-state index in [0.717, 1.165) is 24.6 Å². The Hall–Kier alpha value is -1.81. The van der Waals surface area contributed by atoms with E-state index in [0.29, 0.717) is 5.13 Å². The molecule has 1 aromatic heterocycles. The first kappa shape index (κ1) is 19.0. The predicted molar refractivity (Wildman–Crippen MR) is 107 cm³/mol. The van der Waals surface area contributed by atoms with Crippen molar-refractivity contribution < 1.29 is 13.2 Å². The van der Waals surface area contributed by atoms with Crippen molar-refractivity contribution in [2.45, 2.75) is 11.8 Å². The Morgan fingerprint density at radius 1 is 1.23 bits per heavy atom. The van der Waals surface area contributed by atoms with Gasteiger partial charge in [0.2, 0.25) is 15.9 Å². The standard InChI is InChI=1S/C17H16BrN3O3S2/c1-11-3-8-14-15(9-11)25-17(19-14)20-16(22)10-21(2)26(23,24)13-6-4-12(18)5-7-13/h3-9H,10H2,1-2H3,(H,19,20,22). The van der Waals surface area contributed by atoms with Gasteiger partial charge in [0.15, 0.2) is 5.13 Å². The molecule has 0 fully saturated rings. The summed E-state index contributed by atoms with van der Waals surface area (Å²) in [7, 11) is -2.36. The third-order valence-corrected chi connectivity index (χ3v) is 6.96. The average molecular weight is 454 g/mol. The third kappa shape index (κ3) is 4.12. The first-order chi connectivity index (χ1) is 12.3. The molecular weight excluding hydrogens is 438 g/mol. The number of aromatic nitrogens is 1. The molecule has 1 N–H and O–H groups in total. The summed E-state index contributed by atoms with van der Waals surface area (Å²) in [6.07, 6.45) is 0. The molecule has 9 heteroatoms. The van der Waals surface area contributed by atoms with Crippen LogP contribution in [0.15, 0.2) is 51.8 Å². The molecule has 1 heterocycles. The molecule has 0 atom stereocenters. The molecule has 6 nitrogen and oxygen atoms in total. The number of fused-ring (bicyclic) bond motifs is 1. The zero-order valence-electron chi connectivity index (χ0n) is 14.1. The first-order valence-electron chi connectivity index (χ1n) is 7.64. The number of hydrogen-bond donors (Lipinski definition) is 1. The van der Waals surface area contributed by atoms with Gasteiger partial charge in [-0.05, 0) is 48.9 Å². The van der Waals surface area contributed by atoms with Gasteiger partial charge >= 0.3 is 0 Å². The Kier molecular flexibility index (Phi) is 5.42. The highest BCUT2D eigenvalue weighted by molar-refractivity contribution is 9.10. The van der Waals surface area contributed by atoms with Gasteiger partial charge in [-0.2, -0.15) is 4.31 Å². The lowest BCUT2D eigenvalue weighted by Gasteiger charge is -2.16. The van der Waals surface area contributed by atoms with Gasteiger partial charge in [0.05, 0.1) is 21.7 Å². The number of hydrogen-bond acceptors (Lipinski definition) is 5. The fourth-order valence-electron chi connectivity index (χ4n) is 2.32. The molecular formula is C17H16BrN3O3S2. The lowest BCUT2D eigenvalue weighted by Crippen LogP contribution is -2.34. The smallest absolute Gasteiger partial charge is 0.243 e. The summed E-state index contributed by atoms with van der Waals surface area (Å²) >= 11 is 4.62. The van der Waals surface area contributed by atoms with Crippen molar-refractivity contribution in [2.24, 2.45) is 0 Å². The van der Waals surface area contributed by atoms with Crippen LogP contribution in [0.2, 0.25) is 0 Å². The summed E-state index contributed by atoms with van der Waals surface area (Å²) in [6.45, 7) is 1.69. The minimum Gasteiger partial charge on any atom is -0.301 e. The number of nitrogens with one attached hydrogen (secondary N) is 1. The highest BCUT2D eigenvalue weighted by Crippen LogP contribution is 2.26. The number of aryl methyl sites for hydroxylation is 1. The van der Waals surface area contributed by atoms with Gasteiger partial charge in [0.1, 0.15) is 0 Å². The van der Waals surface area contributed by atoms with Gasteiger partial charge in [-0.3, -0.25) is 4.79 Å². The second kappa shape index (κ2) is 7.43. The van der Waals surface area contributed by atoms with Crippen LogP contribution in [0, 0.1) is 6.92 Å². The molecule has 0 spiro atoms. The summed E-state index contributed by atoms with van der Waals surface area (Å²) in [6, 6.07) is 12.1. The molecule has 0 aliphatic carbocycles. The molecule has 0 aliphatic rings. The van der Waals surface area contributed by atoms with Crippen LogP contribution in [0.5, 0.6) is 0 Å². The lowest BCUT2D eigenvalue weighted by molar-refractivity contribution is -0.116. The Morgan fingerprint density at radius 2 is 1.92 bits per heavy atom. The summed E-state index contributed by atoms with van der Waals surface area (Å²) in [5.74, 6) is -0.441. The Labute approximate surface area is 164 Å². The largest absolute Gasteiger partial charge is 0.301 e. The molecule has 0 unspecified atom stereocenters. The molecule has 0 bridgehead atoms. The van der Waals surface area contributed by atoms with Crippen molar-refractivity contribution in [1.29, 1.82) is 0 Å². The zero-order valence-corrected chi connectivity index (χ0v) is 17.3. The van der Waals surface area contributed by atoms with Crippen LogP contribution in [0.3, 0.4) is 0 Å². The van der Waals surface area contributed by atoms with Gasteiger partial charge in [-0.25, -0.2) is 13.4 Å². The summed E-state index contributed by atoms with van der Waals surface area (Å²) in [5, 5.41) is 3.12. The molecule has 3 aromatic rings. The number of carbonyl (C=O) groups is 1. The van der Waals surface area contributed by atoms with Gasteiger partial charge < -0.3 is 5.32 Å². The Balaban J connectivity index is 1.71. The number of sulfonamides is 1. The van der Waals surface area contributed by atoms with E-state index >= 15 is 0 Å². The highest BCUT2D eigenvalue weighted by Gasteiger charge is 2.23. The number of nitrogens with zero attached hydrogens (tertiary/aromatic N) is 2. The van der Waals surface area contributed by atoms with Crippen LogP contribution in [0.1, 0.15) is 5.56 Å². The van der Waals surface area contributed by atoms with Gasteiger partial charge in [0, 0.05) is 11.5 Å². The van der Waals surface area contributed by atoms with Crippen molar-refractivity contribution in [2.75, 3.05) is 18.9 Å². The topological polar surface area (TPSA) is 79.4 Å². The average Bonchev–Trinajstić information content (AvgIpc) is 2.96. The number of rotatable bonds is 5. The maximum Gasteiger partial charge on any atom is 0.243 e. The van der Waals surface area contributed by atoms with E-state index in [1.54, 1.807) is 12.1 Å². The van der Waals surface area contributed by atoms with Crippen molar-refractivity contribution in [3.05, 3.63) is 52.5 Å². The van der Waals surface area contributed by atoms with Crippen molar-refractivity contribution in [3.8, 4) is 0 Å². The molecule has 3 rings (SSSR count). The number of likely N-dealkylation sites (N-methyl/N-ethyl adjacent to an activating group) is 1. The first-order valence-corrected chi connectivity index (χ1v) is 10.7. The molecule has 136 valence electrons. The van der Waals surface area contributed by atoms with Gasteiger partial charge in [0.25, 0.3) is 0 Å². The van der Waals surface area contributed by atoms with E-state index in [2.05, 4.69) is 26.2 Å². The van der Waals surface area contributed by atoms with E-state index in [4.69, 9.17) is 0 Å². The number of carbonyl (C=O) groups excluding carboxylic acids is 1. The van der Waals surface area contributed by atoms with Crippen molar-refractivity contribution in [3.63, 3.8) is 0 Å².